The molecule has 1 aromatic carbocycles. The number of aryl methyl sites for hydroxylation is 1. The summed E-state index contributed by atoms with van der Waals surface area (Å²) in [6.45, 7) is 0.938. The quantitative estimate of drug-likeness (QED) is 0.890. The van der Waals surface area contributed by atoms with Crippen molar-refractivity contribution >= 4 is 11.8 Å². The predicted octanol–water partition coefficient (Wildman–Crippen LogP) is 2.24. The maximum absolute atomic E-state index is 12.2. The van der Waals surface area contributed by atoms with Crippen molar-refractivity contribution < 1.29 is 27.5 Å². The molecular weight excluding hydrogens is 325 g/mol. The highest BCUT2D eigenvalue weighted by molar-refractivity contribution is 5.80. The number of benzene rings is 1. The van der Waals surface area contributed by atoms with Crippen LogP contribution in [0.25, 0.3) is 0 Å². The molecule has 5 nitrogen and oxygen atoms in total. The van der Waals surface area contributed by atoms with Crippen molar-refractivity contribution in [1.29, 1.82) is 0 Å². The fraction of sp³-hybridized carbons (Fsp3) is 0.500. The molecule has 1 heterocycles. The van der Waals surface area contributed by atoms with Crippen LogP contribution < -0.4 is 10.5 Å². The molecule has 1 fully saturated rings. The van der Waals surface area contributed by atoms with E-state index in [1.807, 2.05) is 0 Å². The van der Waals surface area contributed by atoms with E-state index in [9.17, 15) is 22.8 Å². The normalized spacial score (nSPS) is 18.3. The predicted molar refractivity (Wildman–Crippen MR) is 79.9 cm³/mol. The molecule has 8 heteroatoms. The molecule has 1 atom stereocenters. The fourth-order valence-electron chi connectivity index (χ4n) is 2.70. The van der Waals surface area contributed by atoms with Crippen LogP contribution in [0, 0.1) is 5.92 Å². The monoisotopic (exact) mass is 344 g/mol. The van der Waals surface area contributed by atoms with Crippen LogP contribution in [0.5, 0.6) is 5.75 Å². The van der Waals surface area contributed by atoms with Crippen molar-refractivity contribution in [3.8, 4) is 5.75 Å². The summed E-state index contributed by atoms with van der Waals surface area (Å²) < 4.78 is 40.0. The van der Waals surface area contributed by atoms with Crippen molar-refractivity contribution in [1.82, 2.24) is 4.90 Å². The second-order valence-electron chi connectivity index (χ2n) is 5.77. The number of carbonyl (C=O) groups excluding carboxylic acids is 2. The van der Waals surface area contributed by atoms with Gasteiger partial charge in [0.05, 0.1) is 5.92 Å². The number of nitrogens with zero attached hydrogens (tertiary/aromatic N) is 1. The smallest absolute Gasteiger partial charge is 0.406 e. The average molecular weight is 344 g/mol. The van der Waals surface area contributed by atoms with Crippen LogP contribution >= 0.6 is 0 Å². The molecule has 1 unspecified atom stereocenters. The Morgan fingerprint density at radius 3 is 2.50 bits per heavy atom. The van der Waals surface area contributed by atoms with Crippen LogP contribution in [0.3, 0.4) is 0 Å². The molecule has 0 aromatic heterocycles. The van der Waals surface area contributed by atoms with Crippen LogP contribution in [-0.4, -0.2) is 36.2 Å². The van der Waals surface area contributed by atoms with E-state index in [2.05, 4.69) is 4.74 Å². The van der Waals surface area contributed by atoms with E-state index in [0.29, 0.717) is 25.9 Å². The number of halogens is 3. The standard InChI is InChI=1S/C16H19F3N2O3/c17-16(18,19)24-13-6-3-11(4-7-13)5-8-14(22)21-9-1-2-12(10-21)15(20)23/h3-4,6-7,12H,1-2,5,8-10H2,(H2,20,23). The van der Waals surface area contributed by atoms with Gasteiger partial charge >= 0.3 is 6.36 Å². The minimum absolute atomic E-state index is 0.0865. The molecule has 2 amide bonds. The number of likely N-dealkylation sites (tertiary alicyclic amines) is 1. The molecule has 0 saturated carbocycles. The molecule has 0 radical (unpaired) electrons. The summed E-state index contributed by atoms with van der Waals surface area (Å²) in [5.74, 6) is -1.08. The van der Waals surface area contributed by atoms with E-state index >= 15 is 0 Å². The highest BCUT2D eigenvalue weighted by atomic mass is 19.4. The van der Waals surface area contributed by atoms with Gasteiger partial charge in [0.15, 0.2) is 0 Å². The Morgan fingerprint density at radius 1 is 1.25 bits per heavy atom. The van der Waals surface area contributed by atoms with Crippen LogP contribution in [0.4, 0.5) is 13.2 Å². The minimum Gasteiger partial charge on any atom is -0.406 e. The number of piperidine rings is 1. The number of amides is 2. The molecule has 2 N–H and O–H groups in total. The summed E-state index contributed by atoms with van der Waals surface area (Å²) in [6.07, 6.45) is -2.65. The van der Waals surface area contributed by atoms with Crippen LogP contribution in [0.2, 0.25) is 0 Å². The first-order valence-electron chi connectivity index (χ1n) is 7.66. The van der Waals surface area contributed by atoms with Gasteiger partial charge in [0, 0.05) is 19.5 Å². The number of ether oxygens (including phenoxy) is 1. The van der Waals surface area contributed by atoms with Gasteiger partial charge in [-0.3, -0.25) is 9.59 Å². The van der Waals surface area contributed by atoms with Crippen molar-refractivity contribution in [2.24, 2.45) is 11.7 Å². The lowest BCUT2D eigenvalue weighted by atomic mass is 9.97. The first-order chi connectivity index (χ1) is 11.2. The third kappa shape index (κ3) is 5.43. The van der Waals surface area contributed by atoms with Crippen molar-refractivity contribution in [2.75, 3.05) is 13.1 Å². The number of carbonyl (C=O) groups is 2. The van der Waals surface area contributed by atoms with E-state index in [4.69, 9.17) is 5.73 Å². The van der Waals surface area contributed by atoms with E-state index < -0.39 is 12.3 Å². The van der Waals surface area contributed by atoms with Crippen LogP contribution in [0.15, 0.2) is 24.3 Å². The number of nitrogens with two attached hydrogens (primary N) is 1. The summed E-state index contributed by atoms with van der Waals surface area (Å²) in [5.41, 5.74) is 6.02. The van der Waals surface area contributed by atoms with Crippen LogP contribution in [0.1, 0.15) is 24.8 Å². The van der Waals surface area contributed by atoms with Gasteiger partial charge in [-0.25, -0.2) is 0 Å². The van der Waals surface area contributed by atoms with Gasteiger partial charge in [-0.2, -0.15) is 0 Å². The summed E-state index contributed by atoms with van der Waals surface area (Å²) in [4.78, 5) is 25.0. The first kappa shape index (κ1) is 18.1. The molecule has 1 aliphatic rings. The number of primary amides is 1. The molecular formula is C16H19F3N2O3. The zero-order valence-electron chi connectivity index (χ0n) is 13.0. The molecule has 132 valence electrons. The molecule has 2 rings (SSSR count). The molecule has 1 aliphatic heterocycles. The molecule has 1 aromatic rings. The highest BCUT2D eigenvalue weighted by Gasteiger charge is 2.31. The average Bonchev–Trinajstić information content (AvgIpc) is 2.52. The Bertz CT molecular complexity index is 587. The second kappa shape index (κ2) is 7.55. The third-order valence-electron chi connectivity index (χ3n) is 3.96. The number of hydrogen-bond acceptors (Lipinski definition) is 3. The Kier molecular flexibility index (Phi) is 5.69. The minimum atomic E-state index is -4.72. The maximum atomic E-state index is 12.2. The third-order valence-corrected chi connectivity index (χ3v) is 3.96. The summed E-state index contributed by atoms with van der Waals surface area (Å²) in [6, 6.07) is 5.43. The van der Waals surface area contributed by atoms with Gasteiger partial charge in [0.1, 0.15) is 5.75 Å². The van der Waals surface area contributed by atoms with Crippen molar-refractivity contribution in [3.05, 3.63) is 29.8 Å². The Balaban J connectivity index is 1.84. The van der Waals surface area contributed by atoms with Gasteiger partial charge < -0.3 is 15.4 Å². The number of rotatable bonds is 5. The Morgan fingerprint density at radius 2 is 1.92 bits per heavy atom. The summed E-state index contributed by atoms with van der Waals surface area (Å²) in [5, 5.41) is 0. The zero-order valence-corrected chi connectivity index (χ0v) is 13.0. The maximum Gasteiger partial charge on any atom is 0.573 e. The lowest BCUT2D eigenvalue weighted by molar-refractivity contribution is -0.274. The van der Waals surface area contributed by atoms with E-state index in [0.717, 1.165) is 12.0 Å². The first-order valence-corrected chi connectivity index (χ1v) is 7.66. The topological polar surface area (TPSA) is 72.6 Å². The van der Waals surface area contributed by atoms with Gasteiger partial charge in [0.25, 0.3) is 0 Å². The lowest BCUT2D eigenvalue weighted by Gasteiger charge is -2.31. The van der Waals surface area contributed by atoms with Gasteiger partial charge in [-0.1, -0.05) is 12.1 Å². The molecule has 24 heavy (non-hydrogen) atoms. The molecule has 0 spiro atoms. The highest BCUT2D eigenvalue weighted by Crippen LogP contribution is 2.23. The Labute approximate surface area is 137 Å². The Hall–Kier alpha value is -2.25. The van der Waals surface area contributed by atoms with E-state index in [-0.39, 0.29) is 24.0 Å². The summed E-state index contributed by atoms with van der Waals surface area (Å²) >= 11 is 0. The number of alkyl halides is 3. The molecule has 0 bridgehead atoms. The zero-order chi connectivity index (χ0) is 17.7. The fourth-order valence-corrected chi connectivity index (χ4v) is 2.70. The largest absolute Gasteiger partial charge is 0.573 e. The summed E-state index contributed by atoms with van der Waals surface area (Å²) in [7, 11) is 0. The second-order valence-corrected chi connectivity index (χ2v) is 5.77. The molecule has 1 saturated heterocycles. The van der Waals surface area contributed by atoms with Crippen molar-refractivity contribution in [2.45, 2.75) is 32.0 Å². The van der Waals surface area contributed by atoms with Gasteiger partial charge in [-0.05, 0) is 37.0 Å². The van der Waals surface area contributed by atoms with E-state index in [1.54, 1.807) is 4.90 Å². The van der Waals surface area contributed by atoms with Crippen LogP contribution in [-0.2, 0) is 16.0 Å². The molecule has 0 aliphatic carbocycles. The van der Waals surface area contributed by atoms with Gasteiger partial charge in [-0.15, -0.1) is 13.2 Å². The van der Waals surface area contributed by atoms with Crippen molar-refractivity contribution in [3.63, 3.8) is 0 Å². The number of hydrogen-bond donors (Lipinski definition) is 1. The van der Waals surface area contributed by atoms with Gasteiger partial charge in [0.2, 0.25) is 11.8 Å². The SMILES string of the molecule is NC(=O)C1CCCN(C(=O)CCc2ccc(OC(F)(F)F)cc2)C1. The lowest BCUT2D eigenvalue weighted by Crippen LogP contribution is -2.44. The van der Waals surface area contributed by atoms with E-state index in [1.165, 1.54) is 24.3 Å².